The highest BCUT2D eigenvalue weighted by Gasteiger charge is 2.37. The number of nitrogens with two attached hydrogens (primary N) is 1. The average molecular weight is 364 g/mol. The van der Waals surface area contributed by atoms with Crippen molar-refractivity contribution in [2.24, 2.45) is 10.7 Å². The summed E-state index contributed by atoms with van der Waals surface area (Å²) >= 11 is 1.71. The molecule has 3 heterocycles. The van der Waals surface area contributed by atoms with E-state index in [0.29, 0.717) is 18.9 Å². The molecule has 5 nitrogen and oxygen atoms in total. The molecule has 0 saturated heterocycles. The maximum absolute atomic E-state index is 12.8. The summed E-state index contributed by atoms with van der Waals surface area (Å²) < 4.78 is 1.23. The number of benzene rings is 1. The highest BCUT2D eigenvalue weighted by Crippen LogP contribution is 2.35. The SMILES string of the molecule is CC1(c2ccc3sccc3c2)CC(=O)N(CCc2ccncc2)C(N)=N1. The predicted octanol–water partition coefficient (Wildman–Crippen LogP) is 3.30. The van der Waals surface area contributed by atoms with E-state index in [-0.39, 0.29) is 5.91 Å². The second-order valence-electron chi connectivity index (χ2n) is 6.74. The standard InChI is InChI=1S/C20H20N4OS/c1-20(16-2-3-17-15(12-16)7-11-26-17)13-18(25)24(19(21)23-20)10-6-14-4-8-22-9-5-14/h2-5,7-9,11-12H,6,10,13H2,1H3,(H2,21,23). The molecule has 0 bridgehead atoms. The summed E-state index contributed by atoms with van der Waals surface area (Å²) in [5, 5.41) is 3.25. The van der Waals surface area contributed by atoms with Crippen LogP contribution in [0.1, 0.15) is 24.5 Å². The first kappa shape index (κ1) is 16.7. The van der Waals surface area contributed by atoms with Crippen LogP contribution in [0.5, 0.6) is 0 Å². The normalized spacial score (nSPS) is 20.4. The zero-order chi connectivity index (χ0) is 18.1. The van der Waals surface area contributed by atoms with Gasteiger partial charge in [0.1, 0.15) is 0 Å². The fraction of sp³-hybridized carbons (Fsp3) is 0.250. The number of hydrogen-bond donors (Lipinski definition) is 1. The molecule has 0 spiro atoms. The van der Waals surface area contributed by atoms with Gasteiger partial charge in [-0.15, -0.1) is 11.3 Å². The van der Waals surface area contributed by atoms with Crippen molar-refractivity contribution in [3.8, 4) is 0 Å². The molecule has 0 radical (unpaired) electrons. The summed E-state index contributed by atoms with van der Waals surface area (Å²) in [6, 6.07) is 12.2. The lowest BCUT2D eigenvalue weighted by atomic mass is 9.87. The van der Waals surface area contributed by atoms with Crippen molar-refractivity contribution < 1.29 is 4.79 Å². The van der Waals surface area contributed by atoms with Gasteiger partial charge in [0, 0.05) is 23.6 Å². The Bertz CT molecular complexity index is 982. The van der Waals surface area contributed by atoms with E-state index >= 15 is 0 Å². The zero-order valence-electron chi connectivity index (χ0n) is 14.6. The summed E-state index contributed by atoms with van der Waals surface area (Å²) in [4.78, 5) is 23.1. The Labute approximate surface area is 156 Å². The number of thiophene rings is 1. The molecule has 0 saturated carbocycles. The van der Waals surface area contributed by atoms with E-state index in [9.17, 15) is 4.79 Å². The first-order valence-electron chi connectivity index (χ1n) is 8.57. The van der Waals surface area contributed by atoms with Crippen LogP contribution in [0, 0.1) is 0 Å². The van der Waals surface area contributed by atoms with Crippen LogP contribution in [0.15, 0.2) is 59.2 Å². The van der Waals surface area contributed by atoms with Crippen LogP contribution >= 0.6 is 11.3 Å². The summed E-state index contributed by atoms with van der Waals surface area (Å²) in [5.74, 6) is 0.308. The topological polar surface area (TPSA) is 71.6 Å². The van der Waals surface area contributed by atoms with E-state index < -0.39 is 5.54 Å². The number of guanidine groups is 1. The second-order valence-corrected chi connectivity index (χ2v) is 7.69. The minimum Gasteiger partial charge on any atom is -0.369 e. The smallest absolute Gasteiger partial charge is 0.232 e. The van der Waals surface area contributed by atoms with Crippen molar-refractivity contribution in [2.45, 2.75) is 25.3 Å². The van der Waals surface area contributed by atoms with E-state index in [1.165, 1.54) is 10.1 Å². The van der Waals surface area contributed by atoms with Crippen LogP contribution in [-0.2, 0) is 16.8 Å². The van der Waals surface area contributed by atoms with E-state index in [1.54, 1.807) is 28.6 Å². The number of pyridine rings is 1. The van der Waals surface area contributed by atoms with Gasteiger partial charge in [-0.1, -0.05) is 6.07 Å². The molecule has 3 aromatic rings. The quantitative estimate of drug-likeness (QED) is 0.772. The highest BCUT2D eigenvalue weighted by molar-refractivity contribution is 7.17. The van der Waals surface area contributed by atoms with Gasteiger partial charge in [-0.3, -0.25) is 14.7 Å². The van der Waals surface area contributed by atoms with E-state index in [0.717, 1.165) is 17.5 Å². The largest absolute Gasteiger partial charge is 0.369 e. The van der Waals surface area contributed by atoms with Crippen molar-refractivity contribution in [1.82, 2.24) is 9.88 Å². The van der Waals surface area contributed by atoms with Crippen molar-refractivity contribution in [3.05, 3.63) is 65.3 Å². The maximum atomic E-state index is 12.8. The molecule has 0 aliphatic carbocycles. The number of aromatic nitrogens is 1. The number of aliphatic imine (C=N–C) groups is 1. The van der Waals surface area contributed by atoms with Crippen molar-refractivity contribution in [3.63, 3.8) is 0 Å². The molecule has 1 amide bonds. The van der Waals surface area contributed by atoms with Gasteiger partial charge in [-0.25, -0.2) is 4.99 Å². The molecular formula is C20H20N4OS. The van der Waals surface area contributed by atoms with Gasteiger partial charge in [0.2, 0.25) is 5.91 Å². The Morgan fingerprint density at radius 2 is 2.04 bits per heavy atom. The van der Waals surface area contributed by atoms with Crippen molar-refractivity contribution in [2.75, 3.05) is 6.54 Å². The lowest BCUT2D eigenvalue weighted by Crippen LogP contribution is -2.50. The summed E-state index contributed by atoms with van der Waals surface area (Å²) in [5.41, 5.74) is 7.71. The van der Waals surface area contributed by atoms with Crippen LogP contribution in [0.4, 0.5) is 0 Å². The van der Waals surface area contributed by atoms with Crippen molar-refractivity contribution in [1.29, 1.82) is 0 Å². The molecule has 1 aromatic carbocycles. The molecule has 1 unspecified atom stereocenters. The van der Waals surface area contributed by atoms with Gasteiger partial charge in [-0.2, -0.15) is 0 Å². The van der Waals surface area contributed by atoms with Crippen LogP contribution in [0.2, 0.25) is 0 Å². The molecule has 2 N–H and O–H groups in total. The van der Waals surface area contributed by atoms with Gasteiger partial charge in [0.25, 0.3) is 0 Å². The highest BCUT2D eigenvalue weighted by atomic mass is 32.1. The summed E-state index contributed by atoms with van der Waals surface area (Å²) in [7, 11) is 0. The van der Waals surface area contributed by atoms with Gasteiger partial charge in [-0.05, 0) is 65.6 Å². The van der Waals surface area contributed by atoms with Crippen LogP contribution in [0.25, 0.3) is 10.1 Å². The molecule has 1 atom stereocenters. The fourth-order valence-corrected chi connectivity index (χ4v) is 4.14. The fourth-order valence-electron chi connectivity index (χ4n) is 3.37. The van der Waals surface area contributed by atoms with Gasteiger partial charge < -0.3 is 5.73 Å². The Balaban J connectivity index is 1.58. The number of amides is 1. The summed E-state index contributed by atoms with van der Waals surface area (Å²) in [6.45, 7) is 2.50. The molecule has 0 fully saturated rings. The minimum atomic E-state index is -0.621. The van der Waals surface area contributed by atoms with Crippen LogP contribution < -0.4 is 5.73 Å². The first-order chi connectivity index (χ1) is 12.5. The predicted molar refractivity (Wildman–Crippen MR) is 105 cm³/mol. The molecule has 2 aromatic heterocycles. The maximum Gasteiger partial charge on any atom is 0.232 e. The van der Waals surface area contributed by atoms with Crippen LogP contribution in [-0.4, -0.2) is 28.3 Å². The lowest BCUT2D eigenvalue weighted by Gasteiger charge is -2.35. The molecule has 1 aliphatic rings. The Morgan fingerprint density at radius 1 is 1.23 bits per heavy atom. The van der Waals surface area contributed by atoms with Gasteiger partial charge in [0.15, 0.2) is 5.96 Å². The van der Waals surface area contributed by atoms with Crippen molar-refractivity contribution >= 4 is 33.3 Å². The average Bonchev–Trinajstić information content (AvgIpc) is 3.09. The zero-order valence-corrected chi connectivity index (χ0v) is 15.4. The Kier molecular flexibility index (Phi) is 4.20. The van der Waals surface area contributed by atoms with Crippen LogP contribution in [0.3, 0.4) is 0 Å². The minimum absolute atomic E-state index is 0.0134. The number of fused-ring (bicyclic) bond motifs is 1. The monoisotopic (exact) mass is 364 g/mol. The third kappa shape index (κ3) is 3.08. The Hall–Kier alpha value is -2.73. The summed E-state index contributed by atoms with van der Waals surface area (Å²) in [6.07, 6.45) is 4.55. The van der Waals surface area contributed by atoms with Gasteiger partial charge >= 0.3 is 0 Å². The lowest BCUT2D eigenvalue weighted by molar-refractivity contribution is -0.129. The third-order valence-electron chi connectivity index (χ3n) is 4.88. The number of carbonyl (C=O) groups excluding carboxylic acids is 1. The molecule has 132 valence electrons. The molecular weight excluding hydrogens is 344 g/mol. The molecule has 6 heteroatoms. The molecule has 26 heavy (non-hydrogen) atoms. The second kappa shape index (κ2) is 6.53. The van der Waals surface area contributed by atoms with E-state index in [4.69, 9.17) is 10.7 Å². The number of rotatable bonds is 4. The van der Waals surface area contributed by atoms with E-state index in [2.05, 4.69) is 34.6 Å². The number of carbonyl (C=O) groups is 1. The molecule has 4 rings (SSSR count). The molecule has 1 aliphatic heterocycles. The third-order valence-corrected chi connectivity index (χ3v) is 5.78. The van der Waals surface area contributed by atoms with Gasteiger partial charge in [0.05, 0.1) is 12.0 Å². The number of nitrogens with zero attached hydrogens (tertiary/aromatic N) is 3. The first-order valence-corrected chi connectivity index (χ1v) is 9.45. The number of hydrogen-bond acceptors (Lipinski definition) is 5. The Morgan fingerprint density at radius 3 is 2.81 bits per heavy atom. The van der Waals surface area contributed by atoms with E-state index in [1.807, 2.05) is 19.1 Å².